The standard InChI is InChI=1S/C44H26O2S2/c1-2-8-27(9-3-1)41-18-20-43(47-41)44-21-19-42(48-44)32-23-30(28-14-16-39-35(25-28)33-10-4-6-12-37(33)45-39)22-31(24-32)29-15-17-40-36(26-29)34-11-5-7-13-38(34)46-40/h1-26H. The summed E-state index contributed by atoms with van der Waals surface area (Å²) in [6.07, 6.45) is 0. The molecule has 0 saturated carbocycles. The van der Waals surface area contributed by atoms with E-state index in [-0.39, 0.29) is 0 Å². The molecule has 4 aromatic heterocycles. The summed E-state index contributed by atoms with van der Waals surface area (Å²) >= 11 is 3.69. The van der Waals surface area contributed by atoms with E-state index in [2.05, 4.69) is 133 Å². The second-order valence-electron chi connectivity index (χ2n) is 12.1. The van der Waals surface area contributed by atoms with E-state index in [0.29, 0.717) is 0 Å². The third-order valence-electron chi connectivity index (χ3n) is 9.15. The Morgan fingerprint density at radius 3 is 1.27 bits per heavy atom. The SMILES string of the molecule is c1ccc(-c2ccc(-c3ccc(-c4cc(-c5ccc6oc7ccccc7c6c5)cc(-c5ccc6oc7ccccc7c6c5)c4)s3)s2)cc1. The lowest BCUT2D eigenvalue weighted by Gasteiger charge is -2.11. The molecule has 0 unspecified atom stereocenters. The molecule has 2 nitrogen and oxygen atoms in total. The van der Waals surface area contributed by atoms with Crippen LogP contribution in [0.15, 0.2) is 167 Å². The van der Waals surface area contributed by atoms with Crippen molar-refractivity contribution in [3.8, 4) is 52.9 Å². The van der Waals surface area contributed by atoms with Gasteiger partial charge in [0.1, 0.15) is 22.3 Å². The van der Waals surface area contributed by atoms with Crippen LogP contribution >= 0.6 is 22.7 Å². The number of benzene rings is 6. The molecule has 0 fully saturated rings. The molecule has 0 aliphatic heterocycles. The van der Waals surface area contributed by atoms with Gasteiger partial charge in [0, 0.05) is 41.1 Å². The highest BCUT2D eigenvalue weighted by Gasteiger charge is 2.15. The lowest BCUT2D eigenvalue weighted by atomic mass is 9.94. The van der Waals surface area contributed by atoms with E-state index in [1.807, 2.05) is 46.9 Å². The fraction of sp³-hybridized carbons (Fsp3) is 0. The number of rotatable bonds is 5. The Morgan fingerprint density at radius 2 is 0.708 bits per heavy atom. The van der Waals surface area contributed by atoms with Gasteiger partial charge in [-0.15, -0.1) is 22.7 Å². The van der Waals surface area contributed by atoms with Crippen LogP contribution in [0.3, 0.4) is 0 Å². The Balaban J connectivity index is 1.12. The van der Waals surface area contributed by atoms with Crippen molar-refractivity contribution in [1.82, 2.24) is 0 Å². The van der Waals surface area contributed by atoms with E-state index in [9.17, 15) is 0 Å². The van der Waals surface area contributed by atoms with Crippen molar-refractivity contribution in [2.45, 2.75) is 0 Å². The monoisotopic (exact) mass is 650 g/mol. The molecule has 48 heavy (non-hydrogen) atoms. The molecule has 4 heterocycles. The summed E-state index contributed by atoms with van der Waals surface area (Å²) in [6, 6.07) is 56.3. The van der Waals surface area contributed by atoms with Gasteiger partial charge in [0.15, 0.2) is 0 Å². The number of hydrogen-bond acceptors (Lipinski definition) is 4. The first kappa shape index (κ1) is 27.4. The third kappa shape index (κ3) is 4.61. The van der Waals surface area contributed by atoms with E-state index in [1.165, 1.54) is 41.8 Å². The van der Waals surface area contributed by atoms with Crippen LogP contribution in [0.1, 0.15) is 0 Å². The molecule has 4 heteroatoms. The number of fused-ring (bicyclic) bond motifs is 6. The number of thiophene rings is 2. The maximum absolute atomic E-state index is 6.17. The Labute approximate surface area is 284 Å². The highest BCUT2D eigenvalue weighted by Crippen LogP contribution is 2.43. The van der Waals surface area contributed by atoms with Crippen LogP contribution in [0, 0.1) is 0 Å². The quantitative estimate of drug-likeness (QED) is 0.185. The molecule has 10 aromatic rings. The molecule has 0 N–H and O–H groups in total. The second-order valence-corrected chi connectivity index (χ2v) is 14.3. The lowest BCUT2D eigenvalue weighted by Crippen LogP contribution is -1.85. The molecule has 0 aliphatic carbocycles. The summed E-state index contributed by atoms with van der Waals surface area (Å²) in [4.78, 5) is 5.10. The average Bonchev–Trinajstić information content (AvgIpc) is 3.96. The summed E-state index contributed by atoms with van der Waals surface area (Å²) in [5, 5.41) is 4.53. The van der Waals surface area contributed by atoms with Crippen LogP contribution in [0.25, 0.3) is 96.8 Å². The molecule has 0 aliphatic rings. The van der Waals surface area contributed by atoms with Gasteiger partial charge < -0.3 is 8.83 Å². The van der Waals surface area contributed by atoms with Gasteiger partial charge in [-0.25, -0.2) is 0 Å². The van der Waals surface area contributed by atoms with E-state index in [0.717, 1.165) is 55.0 Å². The summed E-state index contributed by atoms with van der Waals surface area (Å²) < 4.78 is 12.3. The minimum Gasteiger partial charge on any atom is -0.456 e. The fourth-order valence-electron chi connectivity index (χ4n) is 6.77. The van der Waals surface area contributed by atoms with E-state index < -0.39 is 0 Å². The summed E-state index contributed by atoms with van der Waals surface area (Å²) in [6.45, 7) is 0. The fourth-order valence-corrected chi connectivity index (χ4v) is 8.86. The molecule has 226 valence electrons. The van der Waals surface area contributed by atoms with Crippen molar-refractivity contribution in [1.29, 1.82) is 0 Å². The van der Waals surface area contributed by atoms with Gasteiger partial charge in [-0.1, -0.05) is 78.9 Å². The maximum atomic E-state index is 6.17. The summed E-state index contributed by atoms with van der Waals surface area (Å²) in [7, 11) is 0. The number of para-hydroxylation sites is 2. The van der Waals surface area contributed by atoms with Crippen LogP contribution in [-0.4, -0.2) is 0 Å². The first-order valence-electron chi connectivity index (χ1n) is 16.0. The van der Waals surface area contributed by atoms with Gasteiger partial charge >= 0.3 is 0 Å². The predicted molar refractivity (Wildman–Crippen MR) is 204 cm³/mol. The van der Waals surface area contributed by atoms with Crippen LogP contribution in [0.2, 0.25) is 0 Å². The smallest absolute Gasteiger partial charge is 0.135 e. The van der Waals surface area contributed by atoms with Crippen molar-refractivity contribution in [3.63, 3.8) is 0 Å². The Bertz CT molecular complexity index is 2660. The molecule has 0 amide bonds. The van der Waals surface area contributed by atoms with Crippen LogP contribution in [-0.2, 0) is 0 Å². The molecule has 10 rings (SSSR count). The molecule has 0 saturated heterocycles. The highest BCUT2D eigenvalue weighted by atomic mass is 32.1. The highest BCUT2D eigenvalue weighted by molar-refractivity contribution is 7.25. The largest absolute Gasteiger partial charge is 0.456 e. The molecular formula is C44H26O2S2. The second kappa shape index (κ2) is 11.0. The zero-order chi connectivity index (χ0) is 31.6. The zero-order valence-electron chi connectivity index (χ0n) is 25.6. The number of furan rings is 2. The molecule has 0 atom stereocenters. The van der Waals surface area contributed by atoms with Gasteiger partial charge in [-0.3, -0.25) is 0 Å². The van der Waals surface area contributed by atoms with Crippen molar-refractivity contribution in [2.24, 2.45) is 0 Å². The van der Waals surface area contributed by atoms with Gasteiger partial charge in [0.25, 0.3) is 0 Å². The summed E-state index contributed by atoms with van der Waals surface area (Å²) in [5.74, 6) is 0. The van der Waals surface area contributed by atoms with Crippen molar-refractivity contribution in [2.75, 3.05) is 0 Å². The lowest BCUT2D eigenvalue weighted by molar-refractivity contribution is 0.668. The van der Waals surface area contributed by atoms with Gasteiger partial charge in [0.05, 0.1) is 0 Å². The van der Waals surface area contributed by atoms with Crippen LogP contribution < -0.4 is 0 Å². The maximum Gasteiger partial charge on any atom is 0.135 e. The van der Waals surface area contributed by atoms with Crippen LogP contribution in [0.5, 0.6) is 0 Å². The zero-order valence-corrected chi connectivity index (χ0v) is 27.3. The normalized spacial score (nSPS) is 11.8. The van der Waals surface area contributed by atoms with E-state index >= 15 is 0 Å². The third-order valence-corrected chi connectivity index (χ3v) is 11.6. The Morgan fingerprint density at radius 1 is 0.271 bits per heavy atom. The molecule has 6 aromatic carbocycles. The predicted octanol–water partition coefficient (Wildman–Crippen LogP) is 13.9. The first-order chi connectivity index (χ1) is 23.7. The van der Waals surface area contributed by atoms with Crippen molar-refractivity contribution >= 4 is 66.6 Å². The molecule has 0 bridgehead atoms. The summed E-state index contributed by atoms with van der Waals surface area (Å²) in [5.41, 5.74) is 10.8. The minimum absolute atomic E-state index is 0.905. The Hall–Kier alpha value is -5.68. The van der Waals surface area contributed by atoms with E-state index in [4.69, 9.17) is 8.83 Å². The Kier molecular flexibility index (Phi) is 6.26. The van der Waals surface area contributed by atoms with Gasteiger partial charge in [-0.2, -0.15) is 0 Å². The molecule has 0 radical (unpaired) electrons. The first-order valence-corrected chi connectivity index (χ1v) is 17.6. The van der Waals surface area contributed by atoms with Gasteiger partial charge in [0.2, 0.25) is 0 Å². The van der Waals surface area contributed by atoms with Crippen LogP contribution in [0.4, 0.5) is 0 Å². The molecular weight excluding hydrogens is 625 g/mol. The minimum atomic E-state index is 0.905. The topological polar surface area (TPSA) is 26.3 Å². The molecule has 0 spiro atoms. The number of hydrogen-bond donors (Lipinski definition) is 0. The van der Waals surface area contributed by atoms with E-state index in [1.54, 1.807) is 0 Å². The van der Waals surface area contributed by atoms with Crippen molar-refractivity contribution < 1.29 is 8.83 Å². The van der Waals surface area contributed by atoms with Crippen molar-refractivity contribution in [3.05, 3.63) is 158 Å². The van der Waals surface area contributed by atoms with Gasteiger partial charge in [-0.05, 0) is 112 Å². The average molecular weight is 651 g/mol.